The number of allylic oxidation sites excluding steroid dienone is 9. The normalized spacial score (nSPS) is 25.7. The Balaban J connectivity index is 0.973. The van der Waals surface area contributed by atoms with Crippen LogP contribution in [-0.2, 0) is 6.42 Å². The predicted molar refractivity (Wildman–Crippen MR) is 228 cm³/mol. The SMILES string of the molecule is CC12C=CC=CC1c1cc([C@H]3Cc4ccccc4C4=C3CCC=C4)ccc1N2c1ccc2c(c1)c1ccccc1n2C1=CC2Sc3ccccc3C2C=C1. The highest BCUT2D eigenvalue weighted by molar-refractivity contribution is 8.00. The summed E-state index contributed by atoms with van der Waals surface area (Å²) in [7, 11) is 0. The Labute approximate surface area is 321 Å². The average molecular weight is 713 g/mol. The first-order valence-corrected chi connectivity index (χ1v) is 20.5. The van der Waals surface area contributed by atoms with Crippen molar-refractivity contribution in [1.29, 1.82) is 0 Å². The molecule has 4 unspecified atom stereocenters. The quantitative estimate of drug-likeness (QED) is 0.180. The molecule has 0 saturated heterocycles. The van der Waals surface area contributed by atoms with Gasteiger partial charge in [-0.3, -0.25) is 0 Å². The van der Waals surface area contributed by atoms with Crippen molar-refractivity contribution < 1.29 is 0 Å². The van der Waals surface area contributed by atoms with Crippen molar-refractivity contribution in [3.05, 3.63) is 197 Å². The van der Waals surface area contributed by atoms with E-state index in [0.29, 0.717) is 17.1 Å². The molecule has 5 aromatic carbocycles. The Kier molecular flexibility index (Phi) is 6.58. The third-order valence-corrected chi connectivity index (χ3v) is 14.6. The van der Waals surface area contributed by atoms with E-state index in [4.69, 9.17) is 0 Å². The summed E-state index contributed by atoms with van der Waals surface area (Å²) in [5.41, 5.74) is 16.5. The standard InChI is InChI=1S/C51H40N2S/c1-51-27-11-10-18-45(51)44-29-33(42-28-32-12-2-3-13-36(32)37-14-4-5-15-38(37)42)21-25-48(44)53(51)35-23-26-47-43(30-35)39-16-6-8-19-46(39)52(47)34-22-24-41-40-17-7-9-20-49(40)54-50(41)31-34/h2-4,6-14,16-27,29-31,41-42,45,50H,5,15,28H2,1H3/t41?,42-,45?,50?,51?/m1/s1. The molecule has 0 saturated carbocycles. The van der Waals surface area contributed by atoms with E-state index in [0.717, 1.165) is 19.3 Å². The van der Waals surface area contributed by atoms with Gasteiger partial charge in [-0.15, -0.1) is 11.8 Å². The molecular formula is C51H40N2S. The molecule has 54 heavy (non-hydrogen) atoms. The van der Waals surface area contributed by atoms with E-state index in [-0.39, 0.29) is 11.5 Å². The van der Waals surface area contributed by atoms with Crippen molar-refractivity contribution in [2.75, 3.05) is 4.90 Å². The zero-order chi connectivity index (χ0) is 35.5. The number of hydrogen-bond donors (Lipinski definition) is 0. The fourth-order valence-corrected chi connectivity index (χ4v) is 12.2. The summed E-state index contributed by atoms with van der Waals surface area (Å²) in [6, 6.07) is 41.6. The second kappa shape index (κ2) is 11.5. The molecule has 2 nitrogen and oxygen atoms in total. The Bertz CT molecular complexity index is 2790. The predicted octanol–water partition coefficient (Wildman–Crippen LogP) is 13.0. The number of benzene rings is 5. The fourth-order valence-electron chi connectivity index (χ4n) is 10.8. The number of thioether (sulfide) groups is 1. The lowest BCUT2D eigenvalue weighted by molar-refractivity contribution is 0.542. The van der Waals surface area contributed by atoms with Crippen LogP contribution in [0.4, 0.5) is 11.4 Å². The van der Waals surface area contributed by atoms with Crippen LogP contribution < -0.4 is 4.90 Å². The second-order valence-electron chi connectivity index (χ2n) is 16.0. The Morgan fingerprint density at radius 3 is 2.61 bits per heavy atom. The van der Waals surface area contributed by atoms with Crippen molar-refractivity contribution in [3.63, 3.8) is 0 Å². The molecule has 3 heteroatoms. The van der Waals surface area contributed by atoms with Gasteiger partial charge in [0.05, 0.1) is 16.6 Å². The highest BCUT2D eigenvalue weighted by atomic mass is 32.2. The Hall–Kier alpha value is -5.51. The van der Waals surface area contributed by atoms with Gasteiger partial charge in [0.25, 0.3) is 0 Å². The van der Waals surface area contributed by atoms with Crippen LogP contribution in [-0.4, -0.2) is 15.4 Å². The summed E-state index contributed by atoms with van der Waals surface area (Å²) in [5, 5.41) is 3.01. The third kappa shape index (κ3) is 4.30. The molecule has 260 valence electrons. The Morgan fingerprint density at radius 2 is 1.63 bits per heavy atom. The van der Waals surface area contributed by atoms with Crippen molar-refractivity contribution in [3.8, 4) is 0 Å². The maximum Gasteiger partial charge on any atom is 0.0712 e. The van der Waals surface area contributed by atoms with Crippen molar-refractivity contribution >= 4 is 56.2 Å². The number of hydrogen-bond acceptors (Lipinski definition) is 2. The summed E-state index contributed by atoms with van der Waals surface area (Å²) in [6.45, 7) is 2.43. The summed E-state index contributed by atoms with van der Waals surface area (Å²) in [6.07, 6.45) is 24.8. The average Bonchev–Trinajstić information content (AvgIpc) is 3.84. The van der Waals surface area contributed by atoms with Gasteiger partial charge in [0, 0.05) is 55.7 Å². The lowest BCUT2D eigenvalue weighted by atomic mass is 9.72. The summed E-state index contributed by atoms with van der Waals surface area (Å²) in [5.74, 6) is 1.11. The van der Waals surface area contributed by atoms with Crippen LogP contribution in [0.2, 0.25) is 0 Å². The summed E-state index contributed by atoms with van der Waals surface area (Å²) in [4.78, 5) is 4.04. The molecular weight excluding hydrogens is 673 g/mol. The summed E-state index contributed by atoms with van der Waals surface area (Å²) < 4.78 is 2.49. The number of anilines is 2. The van der Waals surface area contributed by atoms with Gasteiger partial charge >= 0.3 is 0 Å². The molecule has 0 amide bonds. The molecule has 2 aliphatic heterocycles. The number of aromatic nitrogens is 1. The van der Waals surface area contributed by atoms with Crippen molar-refractivity contribution in [2.45, 2.75) is 59.6 Å². The molecule has 0 radical (unpaired) electrons. The first kappa shape index (κ1) is 30.9. The number of fused-ring (bicyclic) bond motifs is 11. The van der Waals surface area contributed by atoms with E-state index in [1.807, 2.05) is 11.8 Å². The van der Waals surface area contributed by atoms with E-state index in [1.54, 1.807) is 5.57 Å². The highest BCUT2D eigenvalue weighted by Gasteiger charge is 2.47. The summed E-state index contributed by atoms with van der Waals surface area (Å²) >= 11 is 2.00. The molecule has 0 bridgehead atoms. The largest absolute Gasteiger partial charge is 0.331 e. The maximum absolute atomic E-state index is 2.63. The zero-order valence-electron chi connectivity index (χ0n) is 30.3. The molecule has 6 aromatic rings. The van der Waals surface area contributed by atoms with Crippen LogP contribution in [0.1, 0.15) is 65.3 Å². The number of nitrogens with zero attached hydrogens (tertiary/aromatic N) is 2. The van der Waals surface area contributed by atoms with Gasteiger partial charge < -0.3 is 9.47 Å². The third-order valence-electron chi connectivity index (χ3n) is 13.2. The van der Waals surface area contributed by atoms with Gasteiger partial charge in [0.1, 0.15) is 0 Å². The first-order valence-electron chi connectivity index (χ1n) is 19.6. The molecule has 3 heterocycles. The van der Waals surface area contributed by atoms with Gasteiger partial charge in [-0.25, -0.2) is 0 Å². The van der Waals surface area contributed by atoms with Crippen molar-refractivity contribution in [1.82, 2.24) is 4.57 Å². The van der Waals surface area contributed by atoms with Crippen LogP contribution in [0.3, 0.4) is 0 Å². The molecule has 4 aliphatic carbocycles. The van der Waals surface area contributed by atoms with E-state index in [2.05, 4.69) is 180 Å². The van der Waals surface area contributed by atoms with Gasteiger partial charge in [-0.1, -0.05) is 121 Å². The lowest BCUT2D eigenvalue weighted by Crippen LogP contribution is -2.41. The first-order chi connectivity index (χ1) is 26.6. The molecule has 6 aliphatic rings. The fraction of sp³-hybridized carbons (Fsp3) is 0.176. The van der Waals surface area contributed by atoms with Gasteiger partial charge in [0.2, 0.25) is 0 Å². The van der Waals surface area contributed by atoms with Crippen LogP contribution in [0.5, 0.6) is 0 Å². The lowest BCUT2D eigenvalue weighted by Gasteiger charge is -2.39. The molecule has 1 aromatic heterocycles. The van der Waals surface area contributed by atoms with Crippen LogP contribution in [0, 0.1) is 0 Å². The smallest absolute Gasteiger partial charge is 0.0712 e. The van der Waals surface area contributed by atoms with Gasteiger partial charge in [-0.2, -0.15) is 0 Å². The minimum absolute atomic E-state index is 0.211. The topological polar surface area (TPSA) is 8.17 Å². The molecule has 0 fully saturated rings. The maximum atomic E-state index is 2.63. The molecule has 12 rings (SSSR count). The van der Waals surface area contributed by atoms with Gasteiger partial charge in [0.15, 0.2) is 0 Å². The number of rotatable bonds is 3. The van der Waals surface area contributed by atoms with Crippen LogP contribution in [0.15, 0.2) is 174 Å². The van der Waals surface area contributed by atoms with E-state index in [1.165, 1.54) is 77.2 Å². The van der Waals surface area contributed by atoms with Crippen molar-refractivity contribution in [2.24, 2.45) is 0 Å². The van der Waals surface area contributed by atoms with Crippen LogP contribution in [0.25, 0.3) is 33.1 Å². The van der Waals surface area contributed by atoms with E-state index < -0.39 is 0 Å². The second-order valence-corrected chi connectivity index (χ2v) is 17.3. The van der Waals surface area contributed by atoms with E-state index in [9.17, 15) is 0 Å². The van der Waals surface area contributed by atoms with Gasteiger partial charge in [-0.05, 0) is 108 Å². The molecule has 5 atom stereocenters. The minimum Gasteiger partial charge on any atom is -0.331 e. The Morgan fingerprint density at radius 1 is 0.759 bits per heavy atom. The minimum atomic E-state index is -0.211. The highest BCUT2D eigenvalue weighted by Crippen LogP contribution is 2.56. The molecule has 0 N–H and O–H groups in total. The van der Waals surface area contributed by atoms with E-state index >= 15 is 0 Å². The number of para-hydroxylation sites is 1. The monoisotopic (exact) mass is 712 g/mol. The van der Waals surface area contributed by atoms with Crippen LogP contribution >= 0.6 is 11.8 Å². The molecule has 0 spiro atoms. The zero-order valence-corrected chi connectivity index (χ0v) is 31.1.